The molecule has 0 aromatic heterocycles. The first-order valence-electron chi connectivity index (χ1n) is 7.37. The molecule has 1 heterocycles. The summed E-state index contributed by atoms with van der Waals surface area (Å²) in [5.41, 5.74) is 2.88. The molecule has 1 aliphatic heterocycles. The van der Waals surface area contributed by atoms with Crippen LogP contribution in [0.15, 0.2) is 60.7 Å². The van der Waals surface area contributed by atoms with E-state index in [1.807, 2.05) is 0 Å². The zero-order chi connectivity index (χ0) is 13.6. The topological polar surface area (TPSA) is 12.0 Å². The molecule has 0 amide bonds. The van der Waals surface area contributed by atoms with E-state index in [2.05, 4.69) is 77.7 Å². The average Bonchev–Trinajstić information content (AvgIpc) is 2.75. The van der Waals surface area contributed by atoms with Gasteiger partial charge in [-0.25, -0.2) is 0 Å². The van der Waals surface area contributed by atoms with E-state index in [-0.39, 0.29) is 0 Å². The normalized spacial score (nSPS) is 23.2. The van der Waals surface area contributed by atoms with Crippen molar-refractivity contribution >= 4 is 11.8 Å². The lowest BCUT2D eigenvalue weighted by molar-refractivity contribution is 0.508. The first-order chi connectivity index (χ1) is 9.93. The van der Waals surface area contributed by atoms with Crippen molar-refractivity contribution in [3.8, 4) is 0 Å². The zero-order valence-electron chi connectivity index (χ0n) is 11.7. The maximum Gasteiger partial charge on any atom is 0.0453 e. The predicted molar refractivity (Wildman–Crippen MR) is 88.2 cm³/mol. The molecule has 0 radical (unpaired) electrons. The SMILES string of the molecule is c1ccc(CC2NCCCSC2c2ccccc2)cc1. The quantitative estimate of drug-likeness (QED) is 0.911. The zero-order valence-corrected chi connectivity index (χ0v) is 12.5. The summed E-state index contributed by atoms with van der Waals surface area (Å²) in [4.78, 5) is 0. The maximum absolute atomic E-state index is 3.76. The maximum atomic E-state index is 3.76. The molecule has 0 saturated carbocycles. The molecule has 2 atom stereocenters. The molecule has 2 aromatic rings. The number of hydrogen-bond donors (Lipinski definition) is 1. The monoisotopic (exact) mass is 283 g/mol. The highest BCUT2D eigenvalue weighted by Gasteiger charge is 2.25. The Hall–Kier alpha value is -1.25. The van der Waals surface area contributed by atoms with Gasteiger partial charge in [0.25, 0.3) is 0 Å². The fourth-order valence-electron chi connectivity index (χ4n) is 2.81. The summed E-state index contributed by atoms with van der Waals surface area (Å²) >= 11 is 2.10. The molecule has 1 fully saturated rings. The van der Waals surface area contributed by atoms with Gasteiger partial charge >= 0.3 is 0 Å². The molecule has 3 rings (SSSR count). The molecule has 1 N–H and O–H groups in total. The van der Waals surface area contributed by atoms with E-state index in [9.17, 15) is 0 Å². The van der Waals surface area contributed by atoms with Crippen LogP contribution in [-0.4, -0.2) is 18.3 Å². The molecule has 0 bridgehead atoms. The Morgan fingerprint density at radius 3 is 2.40 bits per heavy atom. The molecule has 2 unspecified atom stereocenters. The van der Waals surface area contributed by atoms with Crippen molar-refractivity contribution < 1.29 is 0 Å². The summed E-state index contributed by atoms with van der Waals surface area (Å²) in [6.07, 6.45) is 2.37. The second-order valence-electron chi connectivity index (χ2n) is 5.31. The van der Waals surface area contributed by atoms with Crippen molar-refractivity contribution in [2.24, 2.45) is 0 Å². The highest BCUT2D eigenvalue weighted by atomic mass is 32.2. The largest absolute Gasteiger partial charge is 0.312 e. The van der Waals surface area contributed by atoms with Gasteiger partial charge in [0.2, 0.25) is 0 Å². The van der Waals surface area contributed by atoms with Crippen LogP contribution in [0.2, 0.25) is 0 Å². The van der Waals surface area contributed by atoms with Crippen LogP contribution in [0.4, 0.5) is 0 Å². The van der Waals surface area contributed by atoms with Gasteiger partial charge in [-0.15, -0.1) is 0 Å². The lowest BCUT2D eigenvalue weighted by atomic mass is 9.98. The summed E-state index contributed by atoms with van der Waals surface area (Å²) in [5.74, 6) is 1.25. The standard InChI is InChI=1S/C18H21NS/c1-3-8-15(9-4-1)14-17-18(20-13-7-12-19-17)16-10-5-2-6-11-16/h1-6,8-11,17-19H,7,12-14H2. The smallest absolute Gasteiger partial charge is 0.0453 e. The van der Waals surface area contributed by atoms with Gasteiger partial charge in [-0.1, -0.05) is 60.7 Å². The molecular formula is C18H21NS. The van der Waals surface area contributed by atoms with Crippen molar-refractivity contribution in [2.75, 3.05) is 12.3 Å². The summed E-state index contributed by atoms with van der Waals surface area (Å²) in [6, 6.07) is 22.3. The molecule has 1 aliphatic rings. The number of benzene rings is 2. The Morgan fingerprint density at radius 2 is 1.65 bits per heavy atom. The molecule has 0 spiro atoms. The minimum absolute atomic E-state index is 0.521. The van der Waals surface area contributed by atoms with Crippen LogP contribution in [0.3, 0.4) is 0 Å². The van der Waals surface area contributed by atoms with Gasteiger partial charge in [0.1, 0.15) is 0 Å². The third-order valence-electron chi connectivity index (χ3n) is 3.82. The van der Waals surface area contributed by atoms with E-state index in [0.717, 1.165) is 13.0 Å². The van der Waals surface area contributed by atoms with Gasteiger partial charge in [0.05, 0.1) is 0 Å². The van der Waals surface area contributed by atoms with Crippen LogP contribution in [-0.2, 0) is 6.42 Å². The summed E-state index contributed by atoms with van der Waals surface area (Å²) < 4.78 is 0. The van der Waals surface area contributed by atoms with Crippen LogP contribution >= 0.6 is 11.8 Å². The van der Waals surface area contributed by atoms with Crippen molar-refractivity contribution in [1.82, 2.24) is 5.32 Å². The van der Waals surface area contributed by atoms with Crippen molar-refractivity contribution in [3.63, 3.8) is 0 Å². The van der Waals surface area contributed by atoms with Gasteiger partial charge in [0, 0.05) is 11.3 Å². The number of rotatable bonds is 3. The lowest BCUT2D eigenvalue weighted by Gasteiger charge is -2.26. The molecular weight excluding hydrogens is 262 g/mol. The first-order valence-corrected chi connectivity index (χ1v) is 8.42. The van der Waals surface area contributed by atoms with Crippen LogP contribution in [0, 0.1) is 0 Å². The minimum atomic E-state index is 0.521. The third kappa shape index (κ3) is 3.44. The molecule has 2 heteroatoms. The van der Waals surface area contributed by atoms with Crippen LogP contribution in [0.5, 0.6) is 0 Å². The Kier molecular flexibility index (Phi) is 4.77. The summed E-state index contributed by atoms with van der Waals surface area (Å²) in [5, 5.41) is 4.31. The van der Waals surface area contributed by atoms with E-state index < -0.39 is 0 Å². The van der Waals surface area contributed by atoms with Crippen molar-refractivity contribution in [3.05, 3.63) is 71.8 Å². The third-order valence-corrected chi connectivity index (χ3v) is 5.30. The molecule has 1 saturated heterocycles. The van der Waals surface area contributed by atoms with Crippen LogP contribution in [0.1, 0.15) is 22.8 Å². The van der Waals surface area contributed by atoms with Gasteiger partial charge in [0.15, 0.2) is 0 Å². The van der Waals surface area contributed by atoms with E-state index in [1.165, 1.54) is 23.3 Å². The van der Waals surface area contributed by atoms with Crippen LogP contribution < -0.4 is 5.32 Å². The number of nitrogens with one attached hydrogen (secondary N) is 1. The second kappa shape index (κ2) is 6.96. The molecule has 20 heavy (non-hydrogen) atoms. The van der Waals surface area contributed by atoms with E-state index >= 15 is 0 Å². The molecule has 1 nitrogen and oxygen atoms in total. The van der Waals surface area contributed by atoms with Crippen molar-refractivity contribution in [1.29, 1.82) is 0 Å². The second-order valence-corrected chi connectivity index (χ2v) is 6.56. The molecule has 2 aromatic carbocycles. The first kappa shape index (κ1) is 13.7. The lowest BCUT2D eigenvalue weighted by Crippen LogP contribution is -2.34. The van der Waals surface area contributed by atoms with Gasteiger partial charge < -0.3 is 5.32 Å². The fraction of sp³-hybridized carbons (Fsp3) is 0.333. The Morgan fingerprint density at radius 1 is 0.950 bits per heavy atom. The number of hydrogen-bond acceptors (Lipinski definition) is 2. The summed E-state index contributed by atoms with van der Waals surface area (Å²) in [7, 11) is 0. The van der Waals surface area contributed by atoms with E-state index in [0.29, 0.717) is 11.3 Å². The van der Waals surface area contributed by atoms with Gasteiger partial charge in [-0.3, -0.25) is 0 Å². The fourth-order valence-corrected chi connectivity index (χ4v) is 4.15. The van der Waals surface area contributed by atoms with E-state index in [4.69, 9.17) is 0 Å². The minimum Gasteiger partial charge on any atom is -0.312 e. The Balaban J connectivity index is 1.81. The molecule has 0 aliphatic carbocycles. The van der Waals surface area contributed by atoms with Crippen LogP contribution in [0.25, 0.3) is 0 Å². The van der Waals surface area contributed by atoms with Crippen molar-refractivity contribution in [2.45, 2.75) is 24.1 Å². The van der Waals surface area contributed by atoms with Gasteiger partial charge in [-0.2, -0.15) is 11.8 Å². The predicted octanol–water partition coefficient (Wildman–Crippen LogP) is 4.07. The summed E-state index contributed by atoms with van der Waals surface area (Å²) in [6.45, 7) is 1.13. The Bertz CT molecular complexity index is 511. The molecule has 104 valence electrons. The highest BCUT2D eigenvalue weighted by Crippen LogP contribution is 2.35. The van der Waals surface area contributed by atoms with Gasteiger partial charge in [-0.05, 0) is 36.3 Å². The van der Waals surface area contributed by atoms with E-state index in [1.54, 1.807) is 0 Å². The Labute approximate surface area is 125 Å². The average molecular weight is 283 g/mol. The highest BCUT2D eigenvalue weighted by molar-refractivity contribution is 7.99. The number of thioether (sulfide) groups is 1.